The lowest BCUT2D eigenvalue weighted by Crippen LogP contribution is -2.65. The van der Waals surface area contributed by atoms with Crippen LogP contribution >= 0.6 is 0 Å². The van der Waals surface area contributed by atoms with E-state index in [4.69, 9.17) is 28.4 Å². The third-order valence-electron chi connectivity index (χ3n) is 8.52. The van der Waals surface area contributed by atoms with Crippen molar-refractivity contribution in [2.75, 3.05) is 6.61 Å². The van der Waals surface area contributed by atoms with Gasteiger partial charge in [0.05, 0.1) is 26.4 Å². The summed E-state index contributed by atoms with van der Waals surface area (Å²) < 4.78 is 40.6. The van der Waals surface area contributed by atoms with E-state index in [-0.39, 0.29) is 12.2 Å². The zero-order valence-corrected chi connectivity index (χ0v) is 24.2. The Morgan fingerprint density at radius 2 is 0.976 bits per heavy atom. The first-order valence-corrected chi connectivity index (χ1v) is 15.3. The van der Waals surface area contributed by atoms with Gasteiger partial charge in [0.1, 0.15) is 36.6 Å². The topological polar surface area (TPSA) is 55.4 Å². The van der Waals surface area contributed by atoms with Crippen molar-refractivity contribution in [3.8, 4) is 0 Å². The van der Waals surface area contributed by atoms with Gasteiger partial charge in [0.15, 0.2) is 5.79 Å². The Bertz CT molecular complexity index is 1230. The normalized spacial score (nSPS) is 28.4. The van der Waals surface area contributed by atoms with Crippen LogP contribution in [0.4, 0.5) is 0 Å². The van der Waals surface area contributed by atoms with Gasteiger partial charge in [0.25, 0.3) is 0 Å². The van der Waals surface area contributed by atoms with Crippen LogP contribution in [-0.4, -0.2) is 49.0 Å². The molecular formula is C36H42O6. The van der Waals surface area contributed by atoms with E-state index in [1.54, 1.807) is 6.08 Å². The van der Waals surface area contributed by atoms with Crippen LogP contribution in [0.15, 0.2) is 104 Å². The van der Waals surface area contributed by atoms with Crippen molar-refractivity contribution in [1.82, 2.24) is 0 Å². The van der Waals surface area contributed by atoms with Crippen LogP contribution in [0.2, 0.25) is 0 Å². The van der Waals surface area contributed by atoms with E-state index in [1.165, 1.54) is 6.42 Å². The molecule has 3 aliphatic rings. The summed E-state index contributed by atoms with van der Waals surface area (Å²) in [6.07, 6.45) is 4.36. The second kappa shape index (κ2) is 14.1. The summed E-state index contributed by atoms with van der Waals surface area (Å²) in [5.74, 6) is -0.629. The van der Waals surface area contributed by atoms with E-state index in [2.05, 4.69) is 43.0 Å². The summed E-state index contributed by atoms with van der Waals surface area (Å²) in [5.41, 5.74) is 3.26. The molecule has 1 spiro atoms. The van der Waals surface area contributed by atoms with Crippen LogP contribution in [0.3, 0.4) is 0 Å². The van der Waals surface area contributed by atoms with Crippen molar-refractivity contribution >= 4 is 0 Å². The summed E-state index contributed by atoms with van der Waals surface area (Å²) in [4.78, 5) is 0. The lowest BCUT2D eigenvalue weighted by molar-refractivity contribution is -0.249. The Kier molecular flexibility index (Phi) is 9.81. The van der Waals surface area contributed by atoms with Crippen molar-refractivity contribution in [3.63, 3.8) is 0 Å². The van der Waals surface area contributed by atoms with Gasteiger partial charge >= 0.3 is 0 Å². The minimum absolute atomic E-state index is 0.360. The van der Waals surface area contributed by atoms with Crippen molar-refractivity contribution in [2.45, 2.75) is 94.3 Å². The highest BCUT2D eigenvalue weighted by atomic mass is 16.8. The Labute approximate surface area is 249 Å². The third kappa shape index (κ3) is 6.86. The maximum absolute atomic E-state index is 6.91. The van der Waals surface area contributed by atoms with Crippen LogP contribution in [0.25, 0.3) is 0 Å². The molecule has 1 aliphatic heterocycles. The number of hydrogen-bond donors (Lipinski definition) is 0. The molecule has 1 saturated heterocycles. The van der Waals surface area contributed by atoms with Crippen molar-refractivity contribution in [1.29, 1.82) is 0 Å². The van der Waals surface area contributed by atoms with E-state index in [0.717, 1.165) is 42.4 Å². The van der Waals surface area contributed by atoms with Gasteiger partial charge in [-0.1, -0.05) is 103 Å². The number of fused-ring (bicyclic) bond motifs is 1. The second-order valence-corrected chi connectivity index (χ2v) is 11.5. The van der Waals surface area contributed by atoms with Crippen LogP contribution in [-0.2, 0) is 48.2 Å². The van der Waals surface area contributed by atoms with Crippen molar-refractivity contribution in [2.24, 2.45) is 0 Å². The first kappa shape index (κ1) is 29.2. The highest BCUT2D eigenvalue weighted by Gasteiger charge is 2.62. The molecule has 0 N–H and O–H groups in total. The standard InChI is InChI=1S/C36H42O6/c1-2-23-37-32-30(38-24-27-15-7-3-8-16-27)31(39-25-28-17-9-4-10-18-28)33(40-26-29-19-11-5-12-20-29)35-34(32)41-36(42-35)21-13-6-14-22-36/h2-5,7-12,15-20,30-35H,1,6,13-14,21-26H2/t30-,31-,32+,33+,34-,35+/m0/s1. The van der Waals surface area contributed by atoms with E-state index < -0.39 is 30.2 Å². The highest BCUT2D eigenvalue weighted by Crippen LogP contribution is 2.47. The van der Waals surface area contributed by atoms with Crippen molar-refractivity contribution in [3.05, 3.63) is 120 Å². The van der Waals surface area contributed by atoms with Gasteiger partial charge < -0.3 is 28.4 Å². The number of hydrogen-bond acceptors (Lipinski definition) is 6. The molecule has 0 aromatic heterocycles. The van der Waals surface area contributed by atoms with Gasteiger partial charge in [-0.15, -0.1) is 6.58 Å². The zero-order chi connectivity index (χ0) is 28.6. The van der Waals surface area contributed by atoms with Gasteiger partial charge in [-0.2, -0.15) is 0 Å². The van der Waals surface area contributed by atoms with E-state index in [1.807, 2.05) is 54.6 Å². The predicted octanol–water partition coefficient (Wildman–Crippen LogP) is 6.77. The number of rotatable bonds is 12. The SMILES string of the molecule is C=CCO[C@@H]1[C@@H](OCc2ccccc2)[C@H](OCc2ccccc2)[C@@H](OCc2ccccc2)[C@H]2OC3(CCCCC3)O[C@@H]12. The molecule has 3 aromatic rings. The number of ether oxygens (including phenoxy) is 6. The Morgan fingerprint density at radius 3 is 1.40 bits per heavy atom. The van der Waals surface area contributed by atoms with Crippen LogP contribution in [0, 0.1) is 0 Å². The first-order valence-electron chi connectivity index (χ1n) is 15.3. The van der Waals surface area contributed by atoms with Crippen LogP contribution < -0.4 is 0 Å². The van der Waals surface area contributed by atoms with Gasteiger partial charge in [-0.05, 0) is 29.5 Å². The molecule has 6 atom stereocenters. The quantitative estimate of drug-likeness (QED) is 0.224. The molecule has 222 valence electrons. The molecule has 0 unspecified atom stereocenters. The molecule has 2 aliphatic carbocycles. The van der Waals surface area contributed by atoms with Crippen molar-refractivity contribution < 1.29 is 28.4 Å². The Hall–Kier alpha value is -2.84. The summed E-state index contributed by atoms with van der Waals surface area (Å²) in [6.45, 7) is 5.55. The summed E-state index contributed by atoms with van der Waals surface area (Å²) in [6, 6.07) is 30.6. The highest BCUT2D eigenvalue weighted by molar-refractivity contribution is 5.17. The van der Waals surface area contributed by atoms with Gasteiger partial charge in [0.2, 0.25) is 0 Å². The lowest BCUT2D eigenvalue weighted by Gasteiger charge is -2.46. The molecule has 6 nitrogen and oxygen atoms in total. The smallest absolute Gasteiger partial charge is 0.169 e. The predicted molar refractivity (Wildman–Crippen MR) is 161 cm³/mol. The summed E-state index contributed by atoms with van der Waals surface area (Å²) in [7, 11) is 0. The second-order valence-electron chi connectivity index (χ2n) is 11.5. The maximum atomic E-state index is 6.91. The molecule has 6 rings (SSSR count). The number of benzene rings is 3. The molecule has 1 heterocycles. The van der Waals surface area contributed by atoms with E-state index >= 15 is 0 Å². The lowest BCUT2D eigenvalue weighted by atomic mass is 9.84. The van der Waals surface area contributed by atoms with Gasteiger partial charge in [-0.25, -0.2) is 0 Å². The summed E-state index contributed by atoms with van der Waals surface area (Å²) >= 11 is 0. The minimum Gasteiger partial charge on any atom is -0.369 e. The molecule has 0 bridgehead atoms. The minimum atomic E-state index is -0.629. The fourth-order valence-corrected chi connectivity index (χ4v) is 6.48. The molecular weight excluding hydrogens is 528 g/mol. The molecule has 3 aromatic carbocycles. The van der Waals surface area contributed by atoms with Crippen LogP contribution in [0.5, 0.6) is 0 Å². The molecule has 42 heavy (non-hydrogen) atoms. The molecule has 6 heteroatoms. The largest absolute Gasteiger partial charge is 0.369 e. The third-order valence-corrected chi connectivity index (χ3v) is 8.52. The fraction of sp³-hybridized carbons (Fsp3) is 0.444. The Balaban J connectivity index is 1.35. The average molecular weight is 571 g/mol. The average Bonchev–Trinajstić information content (AvgIpc) is 3.40. The monoisotopic (exact) mass is 570 g/mol. The zero-order valence-electron chi connectivity index (χ0n) is 24.2. The van der Waals surface area contributed by atoms with Crippen LogP contribution in [0.1, 0.15) is 48.8 Å². The maximum Gasteiger partial charge on any atom is 0.169 e. The molecule has 0 radical (unpaired) electrons. The van der Waals surface area contributed by atoms with E-state index in [9.17, 15) is 0 Å². The Morgan fingerprint density at radius 1 is 0.571 bits per heavy atom. The molecule has 0 amide bonds. The first-order chi connectivity index (χ1) is 20.7. The fourth-order valence-electron chi connectivity index (χ4n) is 6.48. The molecule has 3 fully saturated rings. The van der Waals surface area contributed by atoms with Gasteiger partial charge in [0, 0.05) is 12.8 Å². The van der Waals surface area contributed by atoms with E-state index in [0.29, 0.717) is 26.4 Å². The molecule has 2 saturated carbocycles. The van der Waals surface area contributed by atoms with Gasteiger partial charge in [-0.3, -0.25) is 0 Å². The summed E-state index contributed by atoms with van der Waals surface area (Å²) in [5, 5.41) is 0.